The van der Waals surface area contributed by atoms with Crippen LogP contribution >= 0.6 is 23.8 Å². The number of benzene rings is 2. The molecule has 19 heavy (non-hydrogen) atoms. The van der Waals surface area contributed by atoms with Gasteiger partial charge in [-0.05, 0) is 54.7 Å². The second kappa shape index (κ2) is 4.72. The molecule has 0 aliphatic heterocycles. The first-order valence-electron chi connectivity index (χ1n) is 5.74. The monoisotopic (exact) mass is 290 g/mol. The average Bonchev–Trinajstić information content (AvgIpc) is 2.74. The van der Waals surface area contributed by atoms with Gasteiger partial charge in [-0.3, -0.25) is 4.57 Å². The molecule has 0 bridgehead atoms. The Morgan fingerprint density at radius 3 is 2.58 bits per heavy atom. The van der Waals surface area contributed by atoms with E-state index in [1.54, 1.807) is 7.11 Å². The fourth-order valence-corrected chi connectivity index (χ4v) is 2.56. The third kappa shape index (κ3) is 2.13. The summed E-state index contributed by atoms with van der Waals surface area (Å²) < 4.78 is 7.77. The zero-order valence-electron chi connectivity index (χ0n) is 10.2. The van der Waals surface area contributed by atoms with Gasteiger partial charge < -0.3 is 9.72 Å². The molecule has 96 valence electrons. The number of methoxy groups -OCH3 is 1. The predicted molar refractivity (Wildman–Crippen MR) is 80.0 cm³/mol. The number of H-pyrrole nitrogens is 1. The van der Waals surface area contributed by atoms with Crippen LogP contribution in [0, 0.1) is 4.77 Å². The van der Waals surface area contributed by atoms with Crippen molar-refractivity contribution >= 4 is 34.9 Å². The zero-order chi connectivity index (χ0) is 13.4. The Bertz CT molecular complexity index is 789. The van der Waals surface area contributed by atoms with Gasteiger partial charge >= 0.3 is 0 Å². The summed E-state index contributed by atoms with van der Waals surface area (Å²) in [5.74, 6) is 0.818. The van der Waals surface area contributed by atoms with Crippen LogP contribution in [-0.4, -0.2) is 16.7 Å². The molecule has 0 spiro atoms. The van der Waals surface area contributed by atoms with Gasteiger partial charge in [0.05, 0.1) is 18.1 Å². The lowest BCUT2D eigenvalue weighted by Gasteiger charge is -2.06. The second-order valence-corrected chi connectivity index (χ2v) is 4.95. The second-order valence-electron chi connectivity index (χ2n) is 4.13. The highest BCUT2D eigenvalue weighted by molar-refractivity contribution is 7.71. The number of aromatic nitrogens is 2. The van der Waals surface area contributed by atoms with E-state index in [2.05, 4.69) is 4.98 Å². The first-order chi connectivity index (χ1) is 9.19. The summed E-state index contributed by atoms with van der Waals surface area (Å²) in [6, 6.07) is 13.4. The number of halogens is 1. The number of ether oxygens (including phenoxy) is 1. The number of aromatic amines is 1. The van der Waals surface area contributed by atoms with E-state index in [1.165, 1.54) is 0 Å². The number of rotatable bonds is 2. The molecular formula is C14H11ClN2OS. The van der Waals surface area contributed by atoms with Gasteiger partial charge in [0, 0.05) is 10.7 Å². The number of hydrogen-bond acceptors (Lipinski definition) is 2. The summed E-state index contributed by atoms with van der Waals surface area (Å²) in [4.78, 5) is 3.16. The van der Waals surface area contributed by atoms with Crippen molar-refractivity contribution in [2.45, 2.75) is 0 Å². The lowest BCUT2D eigenvalue weighted by molar-refractivity contribution is 0.415. The van der Waals surface area contributed by atoms with Crippen molar-refractivity contribution in [3.63, 3.8) is 0 Å². The van der Waals surface area contributed by atoms with Gasteiger partial charge in [-0.25, -0.2) is 0 Å². The Morgan fingerprint density at radius 2 is 1.89 bits per heavy atom. The van der Waals surface area contributed by atoms with Crippen molar-refractivity contribution in [1.29, 1.82) is 0 Å². The van der Waals surface area contributed by atoms with E-state index in [1.807, 2.05) is 47.0 Å². The lowest BCUT2D eigenvalue weighted by Crippen LogP contribution is -1.93. The summed E-state index contributed by atoms with van der Waals surface area (Å²) >= 11 is 11.4. The van der Waals surface area contributed by atoms with Crippen LogP contribution in [0.4, 0.5) is 0 Å². The molecule has 0 unspecified atom stereocenters. The molecule has 1 heterocycles. The maximum atomic E-state index is 5.99. The Morgan fingerprint density at radius 1 is 1.16 bits per heavy atom. The van der Waals surface area contributed by atoms with Crippen LogP contribution in [0.2, 0.25) is 5.02 Å². The average molecular weight is 291 g/mol. The van der Waals surface area contributed by atoms with Crippen LogP contribution in [0.3, 0.4) is 0 Å². The summed E-state index contributed by atoms with van der Waals surface area (Å²) in [5, 5.41) is 0.686. The van der Waals surface area contributed by atoms with Gasteiger partial charge in [-0.15, -0.1) is 0 Å². The van der Waals surface area contributed by atoms with E-state index in [-0.39, 0.29) is 0 Å². The number of nitrogens with one attached hydrogen (secondary N) is 1. The Hall–Kier alpha value is -1.78. The van der Waals surface area contributed by atoms with E-state index in [9.17, 15) is 0 Å². The summed E-state index contributed by atoms with van der Waals surface area (Å²) in [6.07, 6.45) is 0. The van der Waals surface area contributed by atoms with Crippen molar-refractivity contribution < 1.29 is 4.74 Å². The molecule has 0 aliphatic carbocycles. The Labute approximate surface area is 120 Å². The topological polar surface area (TPSA) is 29.9 Å². The third-order valence-electron chi connectivity index (χ3n) is 2.97. The lowest BCUT2D eigenvalue weighted by atomic mass is 10.2. The SMILES string of the molecule is COc1ccc(-n2c(=S)[nH]c3cc(Cl)ccc32)cc1. The number of hydrogen-bond donors (Lipinski definition) is 1. The smallest absolute Gasteiger partial charge is 0.182 e. The van der Waals surface area contributed by atoms with Gasteiger partial charge in [-0.2, -0.15) is 0 Å². The molecule has 2 aromatic carbocycles. The summed E-state index contributed by atoms with van der Waals surface area (Å²) in [7, 11) is 1.65. The molecular weight excluding hydrogens is 280 g/mol. The van der Waals surface area contributed by atoms with Crippen LogP contribution in [0.5, 0.6) is 5.75 Å². The van der Waals surface area contributed by atoms with Gasteiger partial charge in [-0.1, -0.05) is 11.6 Å². The highest BCUT2D eigenvalue weighted by Gasteiger charge is 2.07. The van der Waals surface area contributed by atoms with Crippen LogP contribution in [-0.2, 0) is 0 Å². The molecule has 0 saturated carbocycles. The van der Waals surface area contributed by atoms with Gasteiger partial charge in [0.1, 0.15) is 5.75 Å². The van der Waals surface area contributed by atoms with Crippen LogP contribution in [0.15, 0.2) is 42.5 Å². The van der Waals surface area contributed by atoms with Crippen LogP contribution in [0.1, 0.15) is 0 Å². The van der Waals surface area contributed by atoms with Crippen LogP contribution < -0.4 is 4.74 Å². The molecule has 0 atom stereocenters. The van der Waals surface area contributed by atoms with Crippen molar-refractivity contribution in [1.82, 2.24) is 9.55 Å². The molecule has 1 aromatic heterocycles. The van der Waals surface area contributed by atoms with Gasteiger partial charge in [0.15, 0.2) is 4.77 Å². The molecule has 0 saturated heterocycles. The van der Waals surface area contributed by atoms with E-state index >= 15 is 0 Å². The first kappa shape index (κ1) is 12.3. The van der Waals surface area contributed by atoms with E-state index in [0.29, 0.717) is 9.79 Å². The predicted octanol–water partition coefficient (Wildman–Crippen LogP) is 4.35. The number of imidazole rings is 1. The molecule has 0 aliphatic rings. The van der Waals surface area contributed by atoms with Crippen molar-refractivity contribution in [2.75, 3.05) is 7.11 Å². The molecule has 3 aromatic rings. The zero-order valence-corrected chi connectivity index (χ0v) is 11.8. The van der Waals surface area contributed by atoms with Gasteiger partial charge in [0.25, 0.3) is 0 Å². The fraction of sp³-hybridized carbons (Fsp3) is 0.0714. The van der Waals surface area contributed by atoms with Crippen molar-refractivity contribution in [2.24, 2.45) is 0 Å². The van der Waals surface area contributed by atoms with E-state index in [4.69, 9.17) is 28.6 Å². The maximum absolute atomic E-state index is 5.99. The standard InChI is InChI=1S/C14H11ClN2OS/c1-18-11-5-3-10(4-6-11)17-13-7-2-9(15)8-12(13)16-14(17)19/h2-8H,1H3,(H,16,19). The van der Waals surface area contributed by atoms with Crippen LogP contribution in [0.25, 0.3) is 16.7 Å². The normalized spacial score (nSPS) is 10.8. The maximum Gasteiger partial charge on any atom is 0.182 e. The Kier molecular flexibility index (Phi) is 3.05. The third-order valence-corrected chi connectivity index (χ3v) is 3.49. The minimum absolute atomic E-state index is 0.641. The highest BCUT2D eigenvalue weighted by atomic mass is 35.5. The Balaban J connectivity index is 2.23. The minimum Gasteiger partial charge on any atom is -0.497 e. The quantitative estimate of drug-likeness (QED) is 0.711. The molecule has 3 rings (SSSR count). The van der Waals surface area contributed by atoms with Crippen molar-refractivity contribution in [3.05, 3.63) is 52.3 Å². The summed E-state index contributed by atoms with van der Waals surface area (Å²) in [6.45, 7) is 0. The van der Waals surface area contributed by atoms with E-state index < -0.39 is 0 Å². The molecule has 0 fully saturated rings. The molecule has 0 radical (unpaired) electrons. The molecule has 1 N–H and O–H groups in total. The van der Waals surface area contributed by atoms with Crippen molar-refractivity contribution in [3.8, 4) is 11.4 Å². The van der Waals surface area contributed by atoms with E-state index in [0.717, 1.165) is 22.5 Å². The molecule has 0 amide bonds. The first-order valence-corrected chi connectivity index (χ1v) is 6.52. The number of nitrogens with zero attached hydrogens (tertiary/aromatic N) is 1. The van der Waals surface area contributed by atoms with Gasteiger partial charge in [0.2, 0.25) is 0 Å². The summed E-state index contributed by atoms with van der Waals surface area (Å²) in [5.41, 5.74) is 2.91. The highest BCUT2D eigenvalue weighted by Crippen LogP contribution is 2.23. The largest absolute Gasteiger partial charge is 0.497 e. The minimum atomic E-state index is 0.641. The molecule has 5 heteroatoms. The fourth-order valence-electron chi connectivity index (χ4n) is 2.07. The molecule has 3 nitrogen and oxygen atoms in total. The number of fused-ring (bicyclic) bond motifs is 1.